The first-order chi connectivity index (χ1) is 9.58. The number of aromatic nitrogens is 1. The molecule has 0 radical (unpaired) electrons. The van der Waals surface area contributed by atoms with Crippen molar-refractivity contribution in [1.82, 2.24) is 4.98 Å². The van der Waals surface area contributed by atoms with Gasteiger partial charge in [-0.2, -0.15) is 0 Å². The molecule has 5 heteroatoms. The molecule has 100 valence electrons. The average Bonchev–Trinajstić information content (AvgIpc) is 2.86. The van der Waals surface area contributed by atoms with Crippen molar-refractivity contribution in [1.29, 1.82) is 0 Å². The maximum Gasteiger partial charge on any atom is 0.195 e. The second kappa shape index (κ2) is 5.14. The van der Waals surface area contributed by atoms with E-state index in [1.54, 1.807) is 12.3 Å². The number of hydrogen-bond acceptors (Lipinski definition) is 1. The molecule has 0 unspecified atom stereocenters. The normalized spacial score (nSPS) is 10.9. The van der Waals surface area contributed by atoms with Crippen molar-refractivity contribution in [3.63, 3.8) is 0 Å². The topological polar surface area (TPSA) is 32.9 Å². The maximum absolute atomic E-state index is 13.6. The minimum atomic E-state index is -0.449. The molecule has 3 aromatic rings. The smallest absolute Gasteiger partial charge is 0.195 e. The number of aromatic amines is 1. The van der Waals surface area contributed by atoms with Crippen LogP contribution in [0.15, 0.2) is 51.5 Å². The Morgan fingerprint density at radius 2 is 1.90 bits per heavy atom. The van der Waals surface area contributed by atoms with Crippen molar-refractivity contribution >= 4 is 48.5 Å². The van der Waals surface area contributed by atoms with Gasteiger partial charge < -0.3 is 4.98 Å². The summed E-state index contributed by atoms with van der Waals surface area (Å²) in [7, 11) is 0. The van der Waals surface area contributed by atoms with E-state index in [0.29, 0.717) is 15.6 Å². The van der Waals surface area contributed by atoms with Crippen LogP contribution < -0.4 is 0 Å². The Kier molecular flexibility index (Phi) is 3.48. The lowest BCUT2D eigenvalue weighted by molar-refractivity contribution is 0.104. The zero-order chi connectivity index (χ0) is 14.3. The summed E-state index contributed by atoms with van der Waals surface area (Å²) < 4.78 is 14.7. The molecular formula is C15H8Br2FNO. The van der Waals surface area contributed by atoms with Gasteiger partial charge in [0.15, 0.2) is 5.78 Å². The Hall–Kier alpha value is -1.46. The molecule has 0 fully saturated rings. The molecule has 1 heterocycles. The van der Waals surface area contributed by atoms with Crippen LogP contribution in [0.1, 0.15) is 15.9 Å². The lowest BCUT2D eigenvalue weighted by atomic mass is 10.0. The van der Waals surface area contributed by atoms with E-state index in [-0.39, 0.29) is 5.78 Å². The van der Waals surface area contributed by atoms with E-state index < -0.39 is 5.82 Å². The second-order valence-corrected chi connectivity index (χ2v) is 6.03. The third-order valence-electron chi connectivity index (χ3n) is 3.08. The van der Waals surface area contributed by atoms with Crippen LogP contribution in [0.5, 0.6) is 0 Å². The number of rotatable bonds is 2. The number of carbonyl (C=O) groups excluding carboxylic acids is 1. The minimum absolute atomic E-state index is 0.213. The molecule has 3 rings (SSSR count). The quantitative estimate of drug-likeness (QED) is 0.603. The lowest BCUT2D eigenvalue weighted by Crippen LogP contribution is -2.01. The van der Waals surface area contributed by atoms with Crippen molar-refractivity contribution in [2.45, 2.75) is 0 Å². The highest BCUT2D eigenvalue weighted by molar-refractivity contribution is 9.11. The molecule has 2 nitrogen and oxygen atoms in total. The molecule has 0 spiro atoms. The van der Waals surface area contributed by atoms with Crippen molar-refractivity contribution < 1.29 is 9.18 Å². The summed E-state index contributed by atoms with van der Waals surface area (Å²) in [6.45, 7) is 0. The fraction of sp³-hybridized carbons (Fsp3) is 0. The molecule has 0 aliphatic rings. The third-order valence-corrected chi connectivity index (χ3v) is 4.39. The van der Waals surface area contributed by atoms with Gasteiger partial charge in [-0.1, -0.05) is 22.0 Å². The van der Waals surface area contributed by atoms with Gasteiger partial charge in [-0.15, -0.1) is 0 Å². The Morgan fingerprint density at radius 3 is 2.65 bits per heavy atom. The standard InChI is InChI=1S/C15H8Br2FNO/c16-10-5-4-8(6-12(10)18)15(20)9-7-19-13-3-1-2-11(17)14(9)13/h1-7,19H. The van der Waals surface area contributed by atoms with E-state index in [1.807, 2.05) is 18.2 Å². The summed E-state index contributed by atoms with van der Waals surface area (Å²) >= 11 is 6.52. The Morgan fingerprint density at radius 1 is 1.10 bits per heavy atom. The predicted octanol–water partition coefficient (Wildman–Crippen LogP) is 5.06. The van der Waals surface area contributed by atoms with Crippen molar-refractivity contribution in [2.24, 2.45) is 0 Å². The molecule has 2 aromatic carbocycles. The molecule has 0 atom stereocenters. The van der Waals surface area contributed by atoms with Crippen LogP contribution in [-0.2, 0) is 0 Å². The predicted molar refractivity (Wildman–Crippen MR) is 83.5 cm³/mol. The van der Waals surface area contributed by atoms with Gasteiger partial charge in [0.1, 0.15) is 5.82 Å². The van der Waals surface area contributed by atoms with E-state index in [0.717, 1.165) is 15.4 Å². The molecule has 0 bridgehead atoms. The van der Waals surface area contributed by atoms with Crippen molar-refractivity contribution in [2.75, 3.05) is 0 Å². The number of carbonyl (C=O) groups is 1. The van der Waals surface area contributed by atoms with Gasteiger partial charge >= 0.3 is 0 Å². The van der Waals surface area contributed by atoms with Gasteiger partial charge in [0.05, 0.1) is 4.47 Å². The number of H-pyrrole nitrogens is 1. The van der Waals surface area contributed by atoms with Gasteiger partial charge in [-0.3, -0.25) is 4.79 Å². The van der Waals surface area contributed by atoms with E-state index in [2.05, 4.69) is 36.8 Å². The summed E-state index contributed by atoms with van der Waals surface area (Å²) in [5, 5.41) is 0.806. The largest absolute Gasteiger partial charge is 0.360 e. The summed E-state index contributed by atoms with van der Waals surface area (Å²) in [6.07, 6.45) is 1.65. The van der Waals surface area contributed by atoms with Crippen LogP contribution in [0.2, 0.25) is 0 Å². The highest BCUT2D eigenvalue weighted by Crippen LogP contribution is 2.29. The van der Waals surface area contributed by atoms with Crippen molar-refractivity contribution in [3.8, 4) is 0 Å². The Labute approximate surface area is 131 Å². The summed E-state index contributed by atoms with van der Waals surface area (Å²) in [5.74, 6) is -0.663. The van der Waals surface area contributed by atoms with Crippen molar-refractivity contribution in [3.05, 3.63) is 68.5 Å². The molecule has 1 N–H and O–H groups in total. The first kappa shape index (κ1) is 13.5. The lowest BCUT2D eigenvalue weighted by Gasteiger charge is -2.02. The molecule has 0 saturated heterocycles. The van der Waals surface area contributed by atoms with Gasteiger partial charge in [0.2, 0.25) is 0 Å². The fourth-order valence-corrected chi connectivity index (χ4v) is 2.94. The van der Waals surface area contributed by atoms with Crippen LogP contribution in [0.3, 0.4) is 0 Å². The van der Waals surface area contributed by atoms with Crippen LogP contribution in [0, 0.1) is 5.82 Å². The van der Waals surface area contributed by atoms with E-state index >= 15 is 0 Å². The first-order valence-electron chi connectivity index (χ1n) is 5.83. The van der Waals surface area contributed by atoms with Crippen LogP contribution >= 0.6 is 31.9 Å². The summed E-state index contributed by atoms with van der Waals surface area (Å²) in [4.78, 5) is 15.6. The number of ketones is 1. The highest BCUT2D eigenvalue weighted by Gasteiger charge is 2.17. The van der Waals surface area contributed by atoms with Crippen LogP contribution in [-0.4, -0.2) is 10.8 Å². The molecule has 0 saturated carbocycles. The Bertz CT molecular complexity index is 826. The number of halogens is 3. The monoisotopic (exact) mass is 395 g/mol. The number of nitrogens with one attached hydrogen (secondary N) is 1. The van der Waals surface area contributed by atoms with Crippen LogP contribution in [0.25, 0.3) is 10.9 Å². The first-order valence-corrected chi connectivity index (χ1v) is 7.42. The van der Waals surface area contributed by atoms with E-state index in [9.17, 15) is 9.18 Å². The SMILES string of the molecule is O=C(c1ccc(Br)c(F)c1)c1c[nH]c2cccc(Br)c12. The molecule has 0 aliphatic carbocycles. The van der Waals surface area contributed by atoms with Gasteiger partial charge in [-0.05, 0) is 46.3 Å². The minimum Gasteiger partial charge on any atom is -0.360 e. The fourth-order valence-electron chi connectivity index (χ4n) is 2.11. The molecule has 0 aliphatic heterocycles. The molecule has 1 aromatic heterocycles. The molecule has 20 heavy (non-hydrogen) atoms. The van der Waals surface area contributed by atoms with Gasteiger partial charge in [-0.25, -0.2) is 4.39 Å². The third kappa shape index (κ3) is 2.21. The van der Waals surface area contributed by atoms with Gasteiger partial charge in [0, 0.05) is 32.7 Å². The average molecular weight is 397 g/mol. The highest BCUT2D eigenvalue weighted by atomic mass is 79.9. The zero-order valence-corrected chi connectivity index (χ0v) is 13.3. The van der Waals surface area contributed by atoms with E-state index in [1.165, 1.54) is 12.1 Å². The van der Waals surface area contributed by atoms with Crippen LogP contribution in [0.4, 0.5) is 4.39 Å². The van der Waals surface area contributed by atoms with Gasteiger partial charge in [0.25, 0.3) is 0 Å². The number of fused-ring (bicyclic) bond motifs is 1. The summed E-state index contributed by atoms with van der Waals surface area (Å²) in [5.41, 5.74) is 1.71. The maximum atomic E-state index is 13.6. The number of hydrogen-bond donors (Lipinski definition) is 1. The Balaban J connectivity index is 2.15. The molecular weight excluding hydrogens is 389 g/mol. The second-order valence-electron chi connectivity index (χ2n) is 4.32. The van der Waals surface area contributed by atoms with E-state index in [4.69, 9.17) is 0 Å². The molecule has 0 amide bonds. The zero-order valence-electron chi connectivity index (χ0n) is 10.1. The number of benzene rings is 2. The summed E-state index contributed by atoms with van der Waals surface area (Å²) in [6, 6.07) is 10.0.